The minimum absolute atomic E-state index is 0.101. The smallest absolute Gasteiger partial charge is 0.254 e. The van der Waals surface area contributed by atoms with Gasteiger partial charge in [0.2, 0.25) is 0 Å². The minimum atomic E-state index is -0.101. The summed E-state index contributed by atoms with van der Waals surface area (Å²) >= 11 is 1.55. The normalized spacial score (nSPS) is 10.9. The van der Waals surface area contributed by atoms with E-state index in [-0.39, 0.29) is 5.91 Å². The summed E-state index contributed by atoms with van der Waals surface area (Å²) in [7, 11) is 0. The van der Waals surface area contributed by atoms with Crippen LogP contribution in [0, 0.1) is 0 Å². The molecule has 0 aliphatic heterocycles. The van der Waals surface area contributed by atoms with Gasteiger partial charge in [0.1, 0.15) is 5.03 Å². The molecule has 26 heavy (non-hydrogen) atoms. The number of nitrogens with one attached hydrogen (secondary N) is 2. The zero-order chi connectivity index (χ0) is 18.0. The largest absolute Gasteiger partial charge is 0.352 e. The number of hydrogen-bond acceptors (Lipinski definition) is 4. The molecule has 1 aromatic carbocycles. The third kappa shape index (κ3) is 5.32. The summed E-state index contributed by atoms with van der Waals surface area (Å²) in [5, 5.41) is 10.3. The van der Waals surface area contributed by atoms with Crippen LogP contribution in [-0.4, -0.2) is 33.4 Å². The summed E-state index contributed by atoms with van der Waals surface area (Å²) in [5.74, 6) is 0.650. The number of amides is 1. The molecule has 0 atom stereocenters. The van der Waals surface area contributed by atoms with Crippen LogP contribution in [0.3, 0.4) is 0 Å². The van der Waals surface area contributed by atoms with Crippen molar-refractivity contribution < 1.29 is 4.79 Å². The molecule has 2 heterocycles. The van der Waals surface area contributed by atoms with Gasteiger partial charge in [-0.2, -0.15) is 5.10 Å². The number of pyridine rings is 1. The molecule has 0 aliphatic carbocycles. The van der Waals surface area contributed by atoms with E-state index in [1.807, 2.05) is 30.5 Å². The van der Waals surface area contributed by atoms with Gasteiger partial charge < -0.3 is 5.32 Å². The van der Waals surface area contributed by atoms with Gasteiger partial charge >= 0.3 is 0 Å². The standard InChI is InChI=1S/C20H20N4OS/c25-19(21-12-10-17-14-23-24-15-17)18-9-4-11-22-20(18)26-13-5-8-16-6-2-1-3-7-16/h1-9,11,14-15H,10,12-13H2,(H,21,25)(H,23,24). The maximum atomic E-state index is 12.4. The first-order valence-corrected chi connectivity index (χ1v) is 9.37. The fourth-order valence-electron chi connectivity index (χ4n) is 2.38. The van der Waals surface area contributed by atoms with Crippen molar-refractivity contribution in [3.63, 3.8) is 0 Å². The highest BCUT2D eigenvalue weighted by atomic mass is 32.2. The molecule has 3 rings (SSSR count). The van der Waals surface area contributed by atoms with Gasteiger partial charge in [-0.05, 0) is 29.7 Å². The lowest BCUT2D eigenvalue weighted by Gasteiger charge is -2.08. The first kappa shape index (κ1) is 17.9. The van der Waals surface area contributed by atoms with Gasteiger partial charge in [-0.15, -0.1) is 11.8 Å². The molecular weight excluding hydrogens is 344 g/mol. The molecule has 132 valence electrons. The zero-order valence-electron chi connectivity index (χ0n) is 14.3. The maximum Gasteiger partial charge on any atom is 0.254 e. The molecule has 2 N–H and O–H groups in total. The monoisotopic (exact) mass is 364 g/mol. The third-order valence-corrected chi connectivity index (χ3v) is 4.65. The molecule has 1 amide bonds. The molecule has 6 heteroatoms. The van der Waals surface area contributed by atoms with E-state index in [9.17, 15) is 4.79 Å². The number of benzene rings is 1. The van der Waals surface area contributed by atoms with Crippen LogP contribution in [0.2, 0.25) is 0 Å². The Hall–Kier alpha value is -2.86. The van der Waals surface area contributed by atoms with Crippen molar-refractivity contribution >= 4 is 23.7 Å². The van der Waals surface area contributed by atoms with Gasteiger partial charge in [0.05, 0.1) is 11.8 Å². The van der Waals surface area contributed by atoms with Gasteiger partial charge in [-0.3, -0.25) is 9.89 Å². The molecule has 0 spiro atoms. The molecule has 0 aliphatic rings. The molecule has 3 aromatic rings. The van der Waals surface area contributed by atoms with Crippen LogP contribution >= 0.6 is 11.8 Å². The number of aromatic amines is 1. The van der Waals surface area contributed by atoms with E-state index in [4.69, 9.17) is 0 Å². The highest BCUT2D eigenvalue weighted by Gasteiger charge is 2.11. The van der Waals surface area contributed by atoms with Gasteiger partial charge in [0.25, 0.3) is 5.91 Å². The van der Waals surface area contributed by atoms with Crippen molar-refractivity contribution in [2.24, 2.45) is 0 Å². The molecule has 5 nitrogen and oxygen atoms in total. The molecule has 0 radical (unpaired) electrons. The number of aromatic nitrogens is 3. The van der Waals surface area contributed by atoms with Crippen LogP contribution in [0.25, 0.3) is 6.08 Å². The lowest BCUT2D eigenvalue weighted by atomic mass is 10.2. The molecule has 0 saturated heterocycles. The van der Waals surface area contributed by atoms with E-state index in [1.165, 1.54) is 0 Å². The van der Waals surface area contributed by atoms with E-state index in [2.05, 4.69) is 44.8 Å². The van der Waals surface area contributed by atoms with E-state index >= 15 is 0 Å². The topological polar surface area (TPSA) is 70.7 Å². The lowest BCUT2D eigenvalue weighted by Crippen LogP contribution is -2.26. The second-order valence-corrected chi connectivity index (χ2v) is 6.60. The number of nitrogens with zero attached hydrogens (tertiary/aromatic N) is 2. The Balaban J connectivity index is 1.53. The molecule has 2 aromatic heterocycles. The van der Waals surface area contributed by atoms with Crippen LogP contribution in [-0.2, 0) is 6.42 Å². The van der Waals surface area contributed by atoms with Crippen LogP contribution < -0.4 is 5.32 Å². The summed E-state index contributed by atoms with van der Waals surface area (Å²) in [4.78, 5) is 16.8. The highest BCUT2D eigenvalue weighted by Crippen LogP contribution is 2.20. The number of rotatable bonds is 8. The van der Waals surface area contributed by atoms with Crippen LogP contribution in [0.4, 0.5) is 0 Å². The fraction of sp³-hybridized carbons (Fsp3) is 0.150. The number of thioether (sulfide) groups is 1. The Morgan fingerprint density at radius 3 is 2.88 bits per heavy atom. The molecule has 0 saturated carbocycles. The van der Waals surface area contributed by atoms with Crippen molar-refractivity contribution in [1.29, 1.82) is 0 Å². The molecule has 0 bridgehead atoms. The van der Waals surface area contributed by atoms with Crippen LogP contribution in [0.1, 0.15) is 21.5 Å². The summed E-state index contributed by atoms with van der Waals surface area (Å²) in [5.41, 5.74) is 2.83. The van der Waals surface area contributed by atoms with Crippen molar-refractivity contribution in [3.05, 3.63) is 83.8 Å². The summed E-state index contributed by atoms with van der Waals surface area (Å²) in [6, 6.07) is 13.7. The SMILES string of the molecule is O=C(NCCc1cn[nH]c1)c1cccnc1SCC=Cc1ccccc1. The van der Waals surface area contributed by atoms with Gasteiger partial charge in [-0.25, -0.2) is 4.98 Å². The van der Waals surface area contributed by atoms with E-state index < -0.39 is 0 Å². The van der Waals surface area contributed by atoms with Gasteiger partial charge in [-0.1, -0.05) is 42.5 Å². The Bertz CT molecular complexity index is 847. The molecular formula is C20H20N4OS. The Morgan fingerprint density at radius 2 is 2.08 bits per heavy atom. The summed E-state index contributed by atoms with van der Waals surface area (Å²) in [6.45, 7) is 0.561. The van der Waals surface area contributed by atoms with E-state index in [0.717, 1.165) is 28.3 Å². The van der Waals surface area contributed by atoms with Crippen molar-refractivity contribution in [2.75, 3.05) is 12.3 Å². The lowest BCUT2D eigenvalue weighted by molar-refractivity contribution is 0.0950. The number of H-pyrrole nitrogens is 1. The number of hydrogen-bond donors (Lipinski definition) is 2. The predicted octanol–water partition coefficient (Wildman–Crippen LogP) is 3.58. The maximum absolute atomic E-state index is 12.4. The first-order chi connectivity index (χ1) is 12.8. The number of carbonyl (C=O) groups excluding carboxylic acids is 1. The zero-order valence-corrected chi connectivity index (χ0v) is 15.1. The predicted molar refractivity (Wildman–Crippen MR) is 105 cm³/mol. The fourth-order valence-corrected chi connectivity index (χ4v) is 3.19. The average Bonchev–Trinajstić information content (AvgIpc) is 3.20. The Morgan fingerprint density at radius 1 is 1.19 bits per heavy atom. The highest BCUT2D eigenvalue weighted by molar-refractivity contribution is 7.99. The van der Waals surface area contributed by atoms with Crippen LogP contribution in [0.15, 0.2) is 72.2 Å². The van der Waals surface area contributed by atoms with Gasteiger partial charge in [0.15, 0.2) is 0 Å². The average molecular weight is 364 g/mol. The Labute approximate surface area is 156 Å². The Kier molecular flexibility index (Phi) is 6.61. The summed E-state index contributed by atoms with van der Waals surface area (Å²) < 4.78 is 0. The first-order valence-electron chi connectivity index (χ1n) is 8.38. The van der Waals surface area contributed by atoms with Crippen molar-refractivity contribution in [2.45, 2.75) is 11.4 Å². The number of carbonyl (C=O) groups is 1. The van der Waals surface area contributed by atoms with Crippen LogP contribution in [0.5, 0.6) is 0 Å². The second kappa shape index (κ2) is 9.58. The van der Waals surface area contributed by atoms with Crippen molar-refractivity contribution in [3.8, 4) is 0 Å². The molecule has 0 unspecified atom stereocenters. The third-order valence-electron chi connectivity index (χ3n) is 3.70. The van der Waals surface area contributed by atoms with E-state index in [1.54, 1.807) is 30.2 Å². The summed E-state index contributed by atoms with van der Waals surface area (Å²) in [6.07, 6.45) is 10.2. The molecule has 0 fully saturated rings. The quantitative estimate of drug-likeness (QED) is 0.599. The van der Waals surface area contributed by atoms with Gasteiger partial charge in [0, 0.05) is 24.7 Å². The van der Waals surface area contributed by atoms with Crippen molar-refractivity contribution in [1.82, 2.24) is 20.5 Å². The second-order valence-electron chi connectivity index (χ2n) is 5.59. The minimum Gasteiger partial charge on any atom is -0.352 e. The van der Waals surface area contributed by atoms with E-state index in [0.29, 0.717) is 12.1 Å².